The van der Waals surface area contributed by atoms with E-state index in [0.717, 1.165) is 0 Å². The van der Waals surface area contributed by atoms with E-state index in [1.807, 2.05) is 0 Å². The summed E-state index contributed by atoms with van der Waals surface area (Å²) in [7, 11) is 1.48. The summed E-state index contributed by atoms with van der Waals surface area (Å²) in [6.45, 7) is 0. The molecule has 0 aliphatic rings. The fourth-order valence-electron chi connectivity index (χ4n) is 1.09. The standard InChI is InChI=1S/C9H12N2O3/c1-14-8-6(3-2-4-11-8)5-7(10)9(12)13/h2-4,7H,5,10H2,1H3,(H,12,13). The molecule has 0 aliphatic carbocycles. The smallest absolute Gasteiger partial charge is 0.320 e. The zero-order valence-electron chi connectivity index (χ0n) is 7.80. The van der Waals surface area contributed by atoms with Crippen molar-refractivity contribution < 1.29 is 14.6 Å². The molecule has 5 heteroatoms. The van der Waals surface area contributed by atoms with Crippen molar-refractivity contribution >= 4 is 5.97 Å². The van der Waals surface area contributed by atoms with Gasteiger partial charge in [0.05, 0.1) is 7.11 Å². The molecule has 1 unspecified atom stereocenters. The highest BCUT2D eigenvalue weighted by Gasteiger charge is 2.14. The number of aliphatic carboxylic acids is 1. The number of hydrogen-bond acceptors (Lipinski definition) is 4. The lowest BCUT2D eigenvalue weighted by molar-refractivity contribution is -0.138. The average Bonchev–Trinajstić information content (AvgIpc) is 2.18. The third kappa shape index (κ3) is 2.43. The molecule has 0 bridgehead atoms. The Morgan fingerprint density at radius 2 is 2.50 bits per heavy atom. The number of carbonyl (C=O) groups is 1. The van der Waals surface area contributed by atoms with Gasteiger partial charge in [0.15, 0.2) is 0 Å². The Morgan fingerprint density at radius 1 is 1.79 bits per heavy atom. The van der Waals surface area contributed by atoms with Crippen molar-refractivity contribution in [1.29, 1.82) is 0 Å². The minimum atomic E-state index is -1.03. The molecule has 0 aromatic carbocycles. The van der Waals surface area contributed by atoms with Gasteiger partial charge < -0.3 is 15.6 Å². The molecule has 0 radical (unpaired) electrons. The van der Waals surface area contributed by atoms with Crippen LogP contribution in [0.15, 0.2) is 18.3 Å². The van der Waals surface area contributed by atoms with Gasteiger partial charge in [-0.05, 0) is 6.07 Å². The first-order chi connectivity index (χ1) is 6.65. The lowest BCUT2D eigenvalue weighted by Gasteiger charge is -2.09. The van der Waals surface area contributed by atoms with Crippen LogP contribution in [0.3, 0.4) is 0 Å². The van der Waals surface area contributed by atoms with Gasteiger partial charge in [-0.3, -0.25) is 4.79 Å². The van der Waals surface area contributed by atoms with E-state index in [1.165, 1.54) is 7.11 Å². The van der Waals surface area contributed by atoms with Gasteiger partial charge in [0.2, 0.25) is 5.88 Å². The average molecular weight is 196 g/mol. The molecule has 76 valence electrons. The Bertz CT molecular complexity index is 328. The van der Waals surface area contributed by atoms with Crippen LogP contribution >= 0.6 is 0 Å². The molecule has 1 aromatic rings. The molecule has 0 saturated heterocycles. The minimum Gasteiger partial charge on any atom is -0.481 e. The first kappa shape index (κ1) is 10.5. The predicted octanol–water partition coefficient (Wildman–Crippen LogP) is 0.0446. The van der Waals surface area contributed by atoms with Crippen LogP contribution in [-0.2, 0) is 11.2 Å². The largest absolute Gasteiger partial charge is 0.481 e. The summed E-state index contributed by atoms with van der Waals surface area (Å²) >= 11 is 0. The Labute approximate surface area is 81.5 Å². The van der Waals surface area contributed by atoms with Crippen molar-refractivity contribution in [2.75, 3.05) is 7.11 Å². The normalized spacial score (nSPS) is 12.1. The number of pyridine rings is 1. The number of aromatic nitrogens is 1. The van der Waals surface area contributed by atoms with Crippen molar-refractivity contribution in [1.82, 2.24) is 4.98 Å². The van der Waals surface area contributed by atoms with Crippen LogP contribution in [0.5, 0.6) is 5.88 Å². The quantitative estimate of drug-likeness (QED) is 0.710. The number of carboxylic acid groups (broad SMARTS) is 1. The van der Waals surface area contributed by atoms with Crippen LogP contribution in [0.1, 0.15) is 5.56 Å². The summed E-state index contributed by atoms with van der Waals surface area (Å²) in [5.41, 5.74) is 6.09. The molecule has 3 N–H and O–H groups in total. The topological polar surface area (TPSA) is 85.4 Å². The maximum atomic E-state index is 10.5. The van der Waals surface area contributed by atoms with E-state index in [1.54, 1.807) is 18.3 Å². The zero-order chi connectivity index (χ0) is 10.6. The van der Waals surface area contributed by atoms with Crippen molar-refractivity contribution in [3.8, 4) is 5.88 Å². The highest BCUT2D eigenvalue weighted by atomic mass is 16.5. The second-order valence-electron chi connectivity index (χ2n) is 2.82. The lowest BCUT2D eigenvalue weighted by atomic mass is 10.1. The first-order valence-electron chi connectivity index (χ1n) is 4.11. The molecule has 1 atom stereocenters. The fourth-order valence-corrected chi connectivity index (χ4v) is 1.09. The highest BCUT2D eigenvalue weighted by molar-refractivity contribution is 5.73. The third-order valence-corrected chi connectivity index (χ3v) is 1.80. The summed E-state index contributed by atoms with van der Waals surface area (Å²) in [5.74, 6) is -0.611. The van der Waals surface area contributed by atoms with Gasteiger partial charge in [-0.1, -0.05) is 6.07 Å². The van der Waals surface area contributed by atoms with Gasteiger partial charge in [-0.25, -0.2) is 4.98 Å². The molecule has 0 spiro atoms. The Kier molecular flexibility index (Phi) is 3.41. The molecule has 1 heterocycles. The van der Waals surface area contributed by atoms with Crippen molar-refractivity contribution in [3.63, 3.8) is 0 Å². The molecule has 1 rings (SSSR count). The second-order valence-corrected chi connectivity index (χ2v) is 2.82. The lowest BCUT2D eigenvalue weighted by Crippen LogP contribution is -2.32. The van der Waals surface area contributed by atoms with Crippen LogP contribution < -0.4 is 10.5 Å². The molecule has 14 heavy (non-hydrogen) atoms. The zero-order valence-corrected chi connectivity index (χ0v) is 7.80. The summed E-state index contributed by atoms with van der Waals surface area (Å²) < 4.78 is 4.97. The molecule has 0 amide bonds. The van der Waals surface area contributed by atoms with Crippen LogP contribution in [0.4, 0.5) is 0 Å². The second kappa shape index (κ2) is 4.57. The van der Waals surface area contributed by atoms with Gasteiger partial charge in [0, 0.05) is 18.2 Å². The number of methoxy groups -OCH3 is 1. The minimum absolute atomic E-state index is 0.215. The van der Waals surface area contributed by atoms with E-state index >= 15 is 0 Å². The van der Waals surface area contributed by atoms with Crippen LogP contribution in [0.25, 0.3) is 0 Å². The molecule has 0 fully saturated rings. The van der Waals surface area contributed by atoms with Crippen molar-refractivity contribution in [2.45, 2.75) is 12.5 Å². The van der Waals surface area contributed by atoms with Crippen molar-refractivity contribution in [2.24, 2.45) is 5.73 Å². The van der Waals surface area contributed by atoms with Crippen molar-refractivity contribution in [3.05, 3.63) is 23.9 Å². The predicted molar refractivity (Wildman–Crippen MR) is 50.1 cm³/mol. The Balaban J connectivity index is 2.80. The molecule has 1 aromatic heterocycles. The fraction of sp³-hybridized carbons (Fsp3) is 0.333. The first-order valence-corrected chi connectivity index (χ1v) is 4.11. The van der Waals surface area contributed by atoms with E-state index < -0.39 is 12.0 Å². The van der Waals surface area contributed by atoms with E-state index in [-0.39, 0.29) is 6.42 Å². The number of ether oxygens (including phenoxy) is 1. The van der Waals surface area contributed by atoms with Gasteiger partial charge in [0.25, 0.3) is 0 Å². The maximum absolute atomic E-state index is 10.5. The summed E-state index contributed by atoms with van der Waals surface area (Å²) in [5, 5.41) is 8.62. The number of hydrogen-bond donors (Lipinski definition) is 2. The number of carboxylic acids is 1. The van der Waals surface area contributed by atoms with Crippen LogP contribution in [0, 0.1) is 0 Å². The van der Waals surface area contributed by atoms with Gasteiger partial charge in [-0.15, -0.1) is 0 Å². The summed E-state index contributed by atoms with van der Waals surface area (Å²) in [6.07, 6.45) is 1.79. The molecule has 5 nitrogen and oxygen atoms in total. The van der Waals surface area contributed by atoms with E-state index in [4.69, 9.17) is 15.6 Å². The Morgan fingerprint density at radius 3 is 3.07 bits per heavy atom. The van der Waals surface area contributed by atoms with Gasteiger partial charge >= 0.3 is 5.97 Å². The van der Waals surface area contributed by atoms with Gasteiger partial charge in [0.1, 0.15) is 6.04 Å². The number of nitrogens with zero attached hydrogens (tertiary/aromatic N) is 1. The summed E-state index contributed by atoms with van der Waals surface area (Å²) in [4.78, 5) is 14.5. The van der Waals surface area contributed by atoms with Gasteiger partial charge in [-0.2, -0.15) is 0 Å². The third-order valence-electron chi connectivity index (χ3n) is 1.80. The maximum Gasteiger partial charge on any atom is 0.320 e. The number of rotatable bonds is 4. The molecule has 0 aliphatic heterocycles. The molecule has 0 saturated carbocycles. The van der Waals surface area contributed by atoms with Crippen LogP contribution in [0.2, 0.25) is 0 Å². The van der Waals surface area contributed by atoms with Crippen LogP contribution in [-0.4, -0.2) is 29.2 Å². The van der Waals surface area contributed by atoms with E-state index in [9.17, 15) is 4.79 Å². The molecular formula is C9H12N2O3. The summed E-state index contributed by atoms with van der Waals surface area (Å²) in [6, 6.07) is 2.54. The highest BCUT2D eigenvalue weighted by Crippen LogP contribution is 2.14. The monoisotopic (exact) mass is 196 g/mol. The SMILES string of the molecule is COc1ncccc1CC(N)C(=O)O. The Hall–Kier alpha value is -1.62. The molecular weight excluding hydrogens is 184 g/mol. The number of nitrogens with two attached hydrogens (primary N) is 1. The van der Waals surface area contributed by atoms with E-state index in [0.29, 0.717) is 11.4 Å². The van der Waals surface area contributed by atoms with E-state index in [2.05, 4.69) is 4.98 Å².